The van der Waals surface area contributed by atoms with E-state index in [0.717, 1.165) is 6.07 Å². The van der Waals surface area contributed by atoms with Gasteiger partial charge >= 0.3 is 0 Å². The van der Waals surface area contributed by atoms with Crippen molar-refractivity contribution in [1.29, 1.82) is 0 Å². The number of rotatable bonds is 6. The van der Waals surface area contributed by atoms with Gasteiger partial charge in [-0.1, -0.05) is 18.2 Å². The van der Waals surface area contributed by atoms with Crippen molar-refractivity contribution in [2.45, 2.75) is 18.4 Å². The highest BCUT2D eigenvalue weighted by atomic mass is 32.2. The van der Waals surface area contributed by atoms with Gasteiger partial charge in [-0.3, -0.25) is 0 Å². The molecule has 0 spiro atoms. The van der Waals surface area contributed by atoms with Gasteiger partial charge in [0.25, 0.3) is 0 Å². The molecule has 1 aromatic heterocycles. The van der Waals surface area contributed by atoms with Crippen molar-refractivity contribution in [3.63, 3.8) is 0 Å². The molecule has 5 nitrogen and oxygen atoms in total. The van der Waals surface area contributed by atoms with E-state index in [1.165, 1.54) is 18.2 Å². The minimum atomic E-state index is -3.93. The lowest BCUT2D eigenvalue weighted by atomic mass is 10.3. The quantitative estimate of drug-likeness (QED) is 0.887. The minimum absolute atomic E-state index is 0.0279. The fourth-order valence-corrected chi connectivity index (χ4v) is 2.82. The molecule has 0 aliphatic heterocycles. The van der Waals surface area contributed by atoms with E-state index in [1.54, 1.807) is 18.3 Å². The van der Waals surface area contributed by atoms with Crippen LogP contribution in [0.1, 0.15) is 12.5 Å². The van der Waals surface area contributed by atoms with Gasteiger partial charge in [0.15, 0.2) is 0 Å². The second-order valence-corrected chi connectivity index (χ2v) is 5.89. The Morgan fingerprint density at radius 2 is 2.00 bits per heavy atom. The van der Waals surface area contributed by atoms with Crippen LogP contribution in [0.5, 0.6) is 5.88 Å². The van der Waals surface area contributed by atoms with Crippen molar-refractivity contribution in [2.24, 2.45) is 0 Å². The van der Waals surface area contributed by atoms with Crippen molar-refractivity contribution in [1.82, 2.24) is 9.71 Å². The third kappa shape index (κ3) is 3.77. The summed E-state index contributed by atoms with van der Waals surface area (Å²) in [5, 5.41) is 0. The summed E-state index contributed by atoms with van der Waals surface area (Å²) < 4.78 is 45.4. The van der Waals surface area contributed by atoms with Crippen molar-refractivity contribution < 1.29 is 17.5 Å². The van der Waals surface area contributed by atoms with E-state index in [9.17, 15) is 12.8 Å². The van der Waals surface area contributed by atoms with E-state index < -0.39 is 15.8 Å². The molecule has 0 unspecified atom stereocenters. The Kier molecular flexibility index (Phi) is 4.87. The highest BCUT2D eigenvalue weighted by Crippen LogP contribution is 2.17. The van der Waals surface area contributed by atoms with E-state index in [-0.39, 0.29) is 11.4 Å². The zero-order valence-corrected chi connectivity index (χ0v) is 12.2. The maximum atomic E-state index is 13.6. The predicted octanol–water partition coefficient (Wildman–Crippen LogP) is 2.10. The molecule has 0 saturated carbocycles. The van der Waals surface area contributed by atoms with E-state index in [1.807, 2.05) is 6.92 Å². The van der Waals surface area contributed by atoms with Gasteiger partial charge in [-0.2, -0.15) is 0 Å². The summed E-state index contributed by atoms with van der Waals surface area (Å²) in [6, 6.07) is 8.59. The molecule has 0 radical (unpaired) electrons. The first kappa shape index (κ1) is 15.4. The number of nitrogens with zero attached hydrogens (tertiary/aromatic N) is 1. The van der Waals surface area contributed by atoms with Gasteiger partial charge in [0.1, 0.15) is 10.7 Å². The first-order chi connectivity index (χ1) is 10.0. The topological polar surface area (TPSA) is 68.3 Å². The van der Waals surface area contributed by atoms with Crippen LogP contribution in [-0.2, 0) is 16.6 Å². The molecular weight excluding hydrogens is 295 g/mol. The number of hydrogen-bond donors (Lipinski definition) is 1. The smallest absolute Gasteiger partial charge is 0.243 e. The number of hydrogen-bond acceptors (Lipinski definition) is 4. The molecular formula is C14H15FN2O3S. The van der Waals surface area contributed by atoms with Crippen molar-refractivity contribution in [3.8, 4) is 5.88 Å². The summed E-state index contributed by atoms with van der Waals surface area (Å²) in [5.41, 5.74) is 0.583. The summed E-state index contributed by atoms with van der Waals surface area (Å²) in [7, 11) is -3.93. The van der Waals surface area contributed by atoms with Crippen LogP contribution in [0.4, 0.5) is 4.39 Å². The Morgan fingerprint density at radius 3 is 2.71 bits per heavy atom. The zero-order valence-electron chi connectivity index (χ0n) is 11.4. The predicted molar refractivity (Wildman–Crippen MR) is 75.8 cm³/mol. The molecule has 0 fully saturated rings. The van der Waals surface area contributed by atoms with Crippen LogP contribution in [-0.4, -0.2) is 20.0 Å². The van der Waals surface area contributed by atoms with Gasteiger partial charge in [-0.25, -0.2) is 22.5 Å². The number of aromatic nitrogens is 1. The average molecular weight is 310 g/mol. The Labute approximate surface area is 122 Å². The fourth-order valence-electron chi connectivity index (χ4n) is 1.74. The van der Waals surface area contributed by atoms with Gasteiger partial charge in [0.05, 0.1) is 6.61 Å². The number of halogens is 1. The molecule has 1 aromatic carbocycles. The van der Waals surface area contributed by atoms with Crippen molar-refractivity contribution >= 4 is 10.0 Å². The number of ether oxygens (including phenoxy) is 1. The lowest BCUT2D eigenvalue weighted by Gasteiger charge is -2.10. The van der Waals surface area contributed by atoms with E-state index in [2.05, 4.69) is 9.71 Å². The molecule has 1 heterocycles. The Balaban J connectivity index is 2.18. The fraction of sp³-hybridized carbons (Fsp3) is 0.214. The maximum absolute atomic E-state index is 13.6. The number of benzene rings is 1. The minimum Gasteiger partial charge on any atom is -0.478 e. The molecule has 112 valence electrons. The Hall–Kier alpha value is -1.99. The first-order valence-corrected chi connectivity index (χ1v) is 7.84. The standard InChI is InChI=1S/C14H15FN2O3S/c1-2-20-14-11(6-5-9-16-14)10-17-21(18,19)13-8-4-3-7-12(13)15/h3-9,17H,2,10H2,1H3. The highest BCUT2D eigenvalue weighted by Gasteiger charge is 2.18. The van der Waals surface area contributed by atoms with Crippen LogP contribution < -0.4 is 9.46 Å². The summed E-state index contributed by atoms with van der Waals surface area (Å²) in [6.07, 6.45) is 1.56. The number of sulfonamides is 1. The van der Waals surface area contributed by atoms with Crippen LogP contribution in [0.2, 0.25) is 0 Å². The lowest BCUT2D eigenvalue weighted by molar-refractivity contribution is 0.322. The van der Waals surface area contributed by atoms with Gasteiger partial charge in [0.2, 0.25) is 15.9 Å². The van der Waals surface area contributed by atoms with E-state index in [4.69, 9.17) is 4.74 Å². The summed E-state index contributed by atoms with van der Waals surface area (Å²) >= 11 is 0. The Morgan fingerprint density at radius 1 is 1.24 bits per heavy atom. The van der Waals surface area contributed by atoms with Crippen LogP contribution in [0, 0.1) is 5.82 Å². The second-order valence-electron chi connectivity index (χ2n) is 4.16. The first-order valence-electron chi connectivity index (χ1n) is 6.35. The van der Waals surface area contributed by atoms with Gasteiger partial charge < -0.3 is 4.74 Å². The molecule has 0 amide bonds. The van der Waals surface area contributed by atoms with Crippen LogP contribution in [0.3, 0.4) is 0 Å². The molecule has 2 aromatic rings. The molecule has 7 heteroatoms. The molecule has 0 saturated heterocycles. The SMILES string of the molecule is CCOc1ncccc1CNS(=O)(=O)c1ccccc1F. The average Bonchev–Trinajstić information content (AvgIpc) is 2.47. The summed E-state index contributed by atoms with van der Waals surface area (Å²) in [4.78, 5) is 3.65. The van der Waals surface area contributed by atoms with Gasteiger partial charge in [-0.05, 0) is 25.1 Å². The molecule has 21 heavy (non-hydrogen) atoms. The molecule has 2 rings (SSSR count). The number of nitrogens with one attached hydrogen (secondary N) is 1. The monoisotopic (exact) mass is 310 g/mol. The summed E-state index contributed by atoms with van der Waals surface area (Å²) in [5.74, 6) is -0.433. The molecule has 0 atom stereocenters. The molecule has 1 N–H and O–H groups in total. The highest BCUT2D eigenvalue weighted by molar-refractivity contribution is 7.89. The Bertz CT molecular complexity index is 720. The van der Waals surface area contributed by atoms with Crippen LogP contribution >= 0.6 is 0 Å². The summed E-state index contributed by atoms with van der Waals surface area (Å²) in [6.45, 7) is 2.20. The third-order valence-electron chi connectivity index (χ3n) is 2.71. The van der Waals surface area contributed by atoms with Crippen LogP contribution in [0.25, 0.3) is 0 Å². The normalized spacial score (nSPS) is 11.3. The third-order valence-corrected chi connectivity index (χ3v) is 4.14. The van der Waals surface area contributed by atoms with Gasteiger partial charge in [-0.15, -0.1) is 0 Å². The maximum Gasteiger partial charge on any atom is 0.243 e. The number of pyridine rings is 1. The van der Waals surface area contributed by atoms with E-state index in [0.29, 0.717) is 18.1 Å². The molecule has 0 aliphatic rings. The second kappa shape index (κ2) is 6.64. The molecule has 0 aliphatic carbocycles. The van der Waals surface area contributed by atoms with E-state index >= 15 is 0 Å². The van der Waals surface area contributed by atoms with Crippen molar-refractivity contribution in [3.05, 3.63) is 54.0 Å². The van der Waals surface area contributed by atoms with Gasteiger partial charge in [0, 0.05) is 18.3 Å². The van der Waals surface area contributed by atoms with Crippen molar-refractivity contribution in [2.75, 3.05) is 6.61 Å². The lowest BCUT2D eigenvalue weighted by Crippen LogP contribution is -2.24. The van der Waals surface area contributed by atoms with Crippen LogP contribution in [0.15, 0.2) is 47.5 Å². The molecule has 0 bridgehead atoms. The largest absolute Gasteiger partial charge is 0.478 e. The zero-order chi connectivity index (χ0) is 15.3.